The second-order valence-electron chi connectivity index (χ2n) is 7.60. The first-order valence-corrected chi connectivity index (χ1v) is 10.5. The van der Waals surface area contributed by atoms with Gasteiger partial charge in [0.05, 0.1) is 22.1 Å². The van der Waals surface area contributed by atoms with Crippen LogP contribution in [0.2, 0.25) is 0 Å². The summed E-state index contributed by atoms with van der Waals surface area (Å²) in [7, 11) is 0. The number of rotatable bonds is 4. The Morgan fingerprint density at radius 2 is 1.62 bits per heavy atom. The number of carbonyl (C=O) groups excluding carboxylic acids is 1. The maximum Gasteiger partial charge on any atom is 0.280 e. The molecule has 0 aliphatic carbocycles. The van der Waals surface area contributed by atoms with Gasteiger partial charge in [-0.15, -0.1) is 0 Å². The van der Waals surface area contributed by atoms with Gasteiger partial charge in [0.15, 0.2) is 11.5 Å². The maximum absolute atomic E-state index is 13.1. The predicted octanol–water partition coefficient (Wildman–Crippen LogP) is 4.70. The lowest BCUT2D eigenvalue weighted by Crippen LogP contribution is -2.25. The van der Waals surface area contributed by atoms with Gasteiger partial charge in [0.25, 0.3) is 17.2 Å². The van der Waals surface area contributed by atoms with Crippen molar-refractivity contribution in [2.24, 2.45) is 0 Å². The Morgan fingerprint density at radius 3 is 2.35 bits per heavy atom. The normalized spacial score (nSPS) is 12.7. The van der Waals surface area contributed by atoms with E-state index < -0.39 is 16.4 Å². The predicted molar refractivity (Wildman–Crippen MR) is 127 cm³/mol. The second kappa shape index (κ2) is 8.67. The molecule has 0 spiro atoms. The van der Waals surface area contributed by atoms with Crippen molar-refractivity contribution in [3.63, 3.8) is 0 Å². The zero-order valence-electron chi connectivity index (χ0n) is 17.8. The molecule has 8 heteroatoms. The fourth-order valence-electron chi connectivity index (χ4n) is 3.99. The molecule has 0 saturated heterocycles. The van der Waals surface area contributed by atoms with Crippen LogP contribution in [0.15, 0.2) is 83.7 Å². The van der Waals surface area contributed by atoms with Crippen molar-refractivity contribution in [2.45, 2.75) is 0 Å². The Hall–Kier alpha value is -4.72. The maximum atomic E-state index is 13.1. The molecule has 1 aromatic heterocycles. The van der Waals surface area contributed by atoms with Crippen LogP contribution in [0.25, 0.3) is 28.1 Å². The quantitative estimate of drug-likeness (QED) is 0.252. The largest absolute Gasteiger partial charge is 0.486 e. The van der Waals surface area contributed by atoms with Gasteiger partial charge in [0.1, 0.15) is 13.2 Å². The Bertz CT molecular complexity index is 1520. The van der Waals surface area contributed by atoms with Crippen molar-refractivity contribution in [1.29, 1.82) is 0 Å². The molecule has 0 saturated carbocycles. The fraction of sp³-hybridized carbons (Fsp3) is 0.0769. The van der Waals surface area contributed by atoms with E-state index in [1.54, 1.807) is 12.1 Å². The summed E-state index contributed by atoms with van der Waals surface area (Å²) >= 11 is 0. The SMILES string of the molecule is O=C(C=Cc1cc2c(cc1[N+](=O)[O-])OCCO2)n1c(=O)cc(-c2ccccc2)c2ccccc21. The van der Waals surface area contributed by atoms with Gasteiger partial charge < -0.3 is 9.47 Å². The first-order valence-electron chi connectivity index (χ1n) is 10.5. The van der Waals surface area contributed by atoms with Crippen LogP contribution in [0.3, 0.4) is 0 Å². The van der Waals surface area contributed by atoms with E-state index in [4.69, 9.17) is 9.47 Å². The number of allylic oxidation sites excluding steroid dienone is 1. The van der Waals surface area contributed by atoms with Crippen molar-refractivity contribution in [1.82, 2.24) is 4.57 Å². The van der Waals surface area contributed by atoms with Gasteiger partial charge in [-0.25, -0.2) is 4.57 Å². The number of para-hydroxylation sites is 1. The number of pyridine rings is 1. The summed E-state index contributed by atoms with van der Waals surface area (Å²) in [6, 6.07) is 20.7. The first kappa shape index (κ1) is 21.1. The van der Waals surface area contributed by atoms with E-state index in [1.807, 2.05) is 42.5 Å². The van der Waals surface area contributed by atoms with E-state index >= 15 is 0 Å². The van der Waals surface area contributed by atoms with Crippen LogP contribution in [0.5, 0.6) is 11.5 Å². The van der Waals surface area contributed by atoms with Crippen LogP contribution in [0.1, 0.15) is 10.4 Å². The van der Waals surface area contributed by atoms with Crippen molar-refractivity contribution < 1.29 is 19.2 Å². The van der Waals surface area contributed by atoms with Crippen LogP contribution in [-0.4, -0.2) is 28.6 Å². The number of nitro benzene ring substituents is 1. The molecule has 1 aliphatic rings. The zero-order chi connectivity index (χ0) is 23.7. The zero-order valence-corrected chi connectivity index (χ0v) is 17.8. The van der Waals surface area contributed by atoms with E-state index in [-0.39, 0.29) is 17.0 Å². The minimum Gasteiger partial charge on any atom is -0.486 e. The van der Waals surface area contributed by atoms with Crippen LogP contribution in [0, 0.1) is 10.1 Å². The monoisotopic (exact) mass is 454 g/mol. The summed E-state index contributed by atoms with van der Waals surface area (Å²) < 4.78 is 12.0. The highest BCUT2D eigenvalue weighted by Crippen LogP contribution is 2.37. The van der Waals surface area contributed by atoms with E-state index in [0.29, 0.717) is 24.5 Å². The Balaban J connectivity index is 1.59. The Labute approximate surface area is 193 Å². The number of benzene rings is 3. The highest BCUT2D eigenvalue weighted by atomic mass is 16.6. The first-order chi connectivity index (χ1) is 16.5. The summed E-state index contributed by atoms with van der Waals surface area (Å²) in [6.07, 6.45) is 2.46. The van der Waals surface area contributed by atoms with Crippen LogP contribution in [-0.2, 0) is 0 Å². The van der Waals surface area contributed by atoms with Crippen molar-refractivity contribution in [3.05, 3.63) is 105 Å². The third kappa shape index (κ3) is 3.81. The fourth-order valence-corrected chi connectivity index (χ4v) is 3.99. The van der Waals surface area contributed by atoms with E-state index in [2.05, 4.69) is 0 Å². The molecule has 8 nitrogen and oxygen atoms in total. The molecule has 0 bridgehead atoms. The molecule has 0 atom stereocenters. The van der Waals surface area contributed by atoms with Crippen LogP contribution < -0.4 is 15.0 Å². The highest BCUT2D eigenvalue weighted by Gasteiger charge is 2.21. The molecule has 0 radical (unpaired) electrons. The summed E-state index contributed by atoms with van der Waals surface area (Å²) in [5, 5.41) is 12.3. The van der Waals surface area contributed by atoms with Gasteiger partial charge in [-0.05, 0) is 29.3 Å². The number of ether oxygens (including phenoxy) is 2. The topological polar surface area (TPSA) is 101 Å². The minimum absolute atomic E-state index is 0.167. The lowest BCUT2D eigenvalue weighted by atomic mass is 10.0. The van der Waals surface area contributed by atoms with Gasteiger partial charge >= 0.3 is 0 Å². The number of fused-ring (bicyclic) bond motifs is 2. The lowest BCUT2D eigenvalue weighted by molar-refractivity contribution is -0.385. The molecule has 3 aromatic carbocycles. The lowest BCUT2D eigenvalue weighted by Gasteiger charge is -2.18. The number of hydrogen-bond acceptors (Lipinski definition) is 6. The third-order valence-corrected chi connectivity index (χ3v) is 5.52. The molecule has 5 rings (SSSR count). The number of nitrogens with zero attached hydrogens (tertiary/aromatic N) is 2. The molecule has 0 amide bonds. The average molecular weight is 454 g/mol. The Morgan fingerprint density at radius 1 is 0.941 bits per heavy atom. The van der Waals surface area contributed by atoms with Gasteiger partial charge in [0.2, 0.25) is 0 Å². The number of hydrogen-bond donors (Lipinski definition) is 0. The van der Waals surface area contributed by atoms with Crippen molar-refractivity contribution in [3.8, 4) is 22.6 Å². The van der Waals surface area contributed by atoms with Gasteiger partial charge in [-0.3, -0.25) is 19.7 Å². The van der Waals surface area contributed by atoms with E-state index in [0.717, 1.165) is 27.2 Å². The summed E-state index contributed by atoms with van der Waals surface area (Å²) in [6.45, 7) is 0.620. The molecule has 0 unspecified atom stereocenters. The minimum atomic E-state index is -0.620. The molecular formula is C26H18N2O6. The molecule has 34 heavy (non-hydrogen) atoms. The number of nitro groups is 1. The molecule has 0 fully saturated rings. The van der Waals surface area contributed by atoms with Crippen molar-refractivity contribution >= 4 is 28.6 Å². The van der Waals surface area contributed by atoms with Crippen LogP contribution in [0.4, 0.5) is 5.69 Å². The van der Waals surface area contributed by atoms with Gasteiger partial charge in [-0.1, -0.05) is 48.5 Å². The third-order valence-electron chi connectivity index (χ3n) is 5.52. The number of aromatic nitrogens is 1. The molecule has 168 valence electrons. The summed E-state index contributed by atoms with van der Waals surface area (Å²) in [5.41, 5.74) is 1.46. The summed E-state index contributed by atoms with van der Waals surface area (Å²) in [5.74, 6) is 0.0175. The van der Waals surface area contributed by atoms with Gasteiger partial charge in [0, 0.05) is 17.5 Å². The molecule has 1 aliphatic heterocycles. The molecule has 0 N–H and O–H groups in total. The molecule has 4 aromatic rings. The smallest absolute Gasteiger partial charge is 0.280 e. The van der Waals surface area contributed by atoms with Crippen molar-refractivity contribution in [2.75, 3.05) is 13.2 Å². The van der Waals surface area contributed by atoms with Crippen LogP contribution >= 0.6 is 0 Å². The average Bonchev–Trinajstić information content (AvgIpc) is 2.86. The molecular weight excluding hydrogens is 436 g/mol. The summed E-state index contributed by atoms with van der Waals surface area (Å²) in [4.78, 5) is 37.1. The van der Waals surface area contributed by atoms with E-state index in [9.17, 15) is 19.7 Å². The van der Waals surface area contributed by atoms with Gasteiger partial charge in [-0.2, -0.15) is 0 Å². The molecule has 2 heterocycles. The highest BCUT2D eigenvalue weighted by molar-refractivity contribution is 6.03. The number of carbonyl (C=O) groups is 1. The van der Waals surface area contributed by atoms with E-state index in [1.165, 1.54) is 24.3 Å². The standard InChI is InChI=1S/C26H18N2O6/c29-25(11-10-18-14-23-24(34-13-12-33-23)16-22(18)28(31)32)27-21-9-5-4-8-19(21)20(15-26(27)30)17-6-2-1-3-7-17/h1-11,14-16H,12-13H2. The Kier molecular flexibility index (Phi) is 5.39. The second-order valence-corrected chi connectivity index (χ2v) is 7.60.